The van der Waals surface area contributed by atoms with Crippen LogP contribution in [0.3, 0.4) is 0 Å². The molecule has 1 atom stereocenters. The molecule has 0 radical (unpaired) electrons. The number of aromatic nitrogens is 3. The third-order valence-electron chi connectivity index (χ3n) is 4.37. The van der Waals surface area contributed by atoms with Crippen LogP contribution < -0.4 is 15.5 Å². The van der Waals surface area contributed by atoms with Gasteiger partial charge in [0.15, 0.2) is 0 Å². The average Bonchev–Trinajstić information content (AvgIpc) is 2.97. The molecule has 1 unspecified atom stereocenters. The first kappa shape index (κ1) is 14.3. The van der Waals surface area contributed by atoms with Crippen LogP contribution in [-0.4, -0.2) is 52.8 Å². The molecular formula is C14H24N6O. The minimum Gasteiger partial charge on any atom is -0.396 e. The molecule has 0 spiro atoms. The molecule has 0 saturated carbocycles. The maximum Gasteiger partial charge on any atom is 0.231 e. The number of aliphatic hydroxyl groups excluding tert-OH is 1. The SMILES string of the molecule is Nc1nc(N2CCCCC2)nc(N2CCC(CCO)C2)n1. The molecule has 116 valence electrons. The van der Waals surface area contributed by atoms with Crippen LogP contribution in [0.1, 0.15) is 32.1 Å². The van der Waals surface area contributed by atoms with Crippen molar-refractivity contribution in [3.63, 3.8) is 0 Å². The molecule has 2 aliphatic heterocycles. The van der Waals surface area contributed by atoms with Gasteiger partial charge in [-0.2, -0.15) is 15.0 Å². The molecule has 1 aromatic rings. The lowest BCUT2D eigenvalue weighted by molar-refractivity contribution is 0.263. The molecular weight excluding hydrogens is 268 g/mol. The van der Waals surface area contributed by atoms with E-state index >= 15 is 0 Å². The summed E-state index contributed by atoms with van der Waals surface area (Å²) in [7, 11) is 0. The number of nitrogen functional groups attached to an aromatic ring is 1. The highest BCUT2D eigenvalue weighted by atomic mass is 16.3. The normalized spacial score (nSPS) is 22.8. The lowest BCUT2D eigenvalue weighted by atomic mass is 10.1. The van der Waals surface area contributed by atoms with Crippen LogP contribution in [0.4, 0.5) is 17.8 Å². The molecule has 1 aromatic heterocycles. The van der Waals surface area contributed by atoms with Gasteiger partial charge in [0.1, 0.15) is 0 Å². The molecule has 7 heteroatoms. The molecule has 2 fully saturated rings. The van der Waals surface area contributed by atoms with Gasteiger partial charge in [0.2, 0.25) is 17.8 Å². The van der Waals surface area contributed by atoms with E-state index in [2.05, 4.69) is 24.8 Å². The first-order valence-electron chi connectivity index (χ1n) is 7.88. The Labute approximate surface area is 125 Å². The second-order valence-corrected chi connectivity index (χ2v) is 5.95. The number of hydrogen-bond donors (Lipinski definition) is 2. The number of anilines is 3. The Morgan fingerprint density at radius 1 is 1.00 bits per heavy atom. The van der Waals surface area contributed by atoms with Crippen molar-refractivity contribution in [1.29, 1.82) is 0 Å². The minimum absolute atomic E-state index is 0.247. The highest BCUT2D eigenvalue weighted by Gasteiger charge is 2.25. The van der Waals surface area contributed by atoms with Crippen LogP contribution >= 0.6 is 0 Å². The largest absolute Gasteiger partial charge is 0.396 e. The zero-order chi connectivity index (χ0) is 14.7. The first-order valence-corrected chi connectivity index (χ1v) is 7.88. The Balaban J connectivity index is 1.75. The molecule has 3 N–H and O–H groups in total. The van der Waals surface area contributed by atoms with Gasteiger partial charge in [0.25, 0.3) is 0 Å². The topological polar surface area (TPSA) is 91.4 Å². The number of nitrogens with zero attached hydrogens (tertiary/aromatic N) is 5. The summed E-state index contributed by atoms with van der Waals surface area (Å²) in [6, 6.07) is 0. The Bertz CT molecular complexity index is 477. The fraction of sp³-hybridized carbons (Fsp3) is 0.786. The van der Waals surface area contributed by atoms with E-state index in [0.29, 0.717) is 23.8 Å². The van der Waals surface area contributed by atoms with Gasteiger partial charge < -0.3 is 20.6 Å². The summed E-state index contributed by atoms with van der Waals surface area (Å²) in [5, 5.41) is 9.06. The van der Waals surface area contributed by atoms with Crippen LogP contribution in [0.5, 0.6) is 0 Å². The predicted molar refractivity (Wildman–Crippen MR) is 82.3 cm³/mol. The average molecular weight is 292 g/mol. The maximum absolute atomic E-state index is 9.06. The fourth-order valence-electron chi connectivity index (χ4n) is 3.18. The van der Waals surface area contributed by atoms with Crippen molar-refractivity contribution < 1.29 is 5.11 Å². The number of piperidine rings is 1. The monoisotopic (exact) mass is 292 g/mol. The standard InChI is InChI=1S/C14H24N6O/c15-12-16-13(19-6-2-1-3-7-19)18-14(17-12)20-8-4-11(10-20)5-9-21/h11,21H,1-10H2,(H2,15,16,17,18). The van der Waals surface area contributed by atoms with Crippen molar-refractivity contribution in [1.82, 2.24) is 15.0 Å². The van der Waals surface area contributed by atoms with E-state index in [0.717, 1.165) is 39.0 Å². The second kappa shape index (κ2) is 6.43. The van der Waals surface area contributed by atoms with Gasteiger partial charge in [-0.05, 0) is 38.0 Å². The molecule has 3 rings (SSSR count). The van der Waals surface area contributed by atoms with Crippen LogP contribution in [0, 0.1) is 5.92 Å². The van der Waals surface area contributed by atoms with Crippen molar-refractivity contribution in [2.75, 3.05) is 48.3 Å². The number of hydrogen-bond acceptors (Lipinski definition) is 7. The Morgan fingerprint density at radius 3 is 2.43 bits per heavy atom. The summed E-state index contributed by atoms with van der Waals surface area (Å²) in [5.41, 5.74) is 5.87. The molecule has 2 aliphatic rings. The van der Waals surface area contributed by atoms with Crippen LogP contribution in [0.15, 0.2) is 0 Å². The molecule has 2 saturated heterocycles. The van der Waals surface area contributed by atoms with Gasteiger partial charge >= 0.3 is 0 Å². The molecule has 3 heterocycles. The third kappa shape index (κ3) is 3.34. The van der Waals surface area contributed by atoms with E-state index in [1.54, 1.807) is 0 Å². The summed E-state index contributed by atoms with van der Waals surface area (Å²) in [6.45, 7) is 4.06. The quantitative estimate of drug-likeness (QED) is 0.842. The summed E-state index contributed by atoms with van der Waals surface area (Å²) in [6.07, 6.45) is 5.56. The summed E-state index contributed by atoms with van der Waals surface area (Å²) in [4.78, 5) is 17.6. The van der Waals surface area contributed by atoms with Gasteiger partial charge in [-0.15, -0.1) is 0 Å². The lowest BCUT2D eigenvalue weighted by Gasteiger charge is -2.27. The summed E-state index contributed by atoms with van der Waals surface area (Å²) >= 11 is 0. The fourth-order valence-corrected chi connectivity index (χ4v) is 3.18. The number of aliphatic hydroxyl groups is 1. The van der Waals surface area contributed by atoms with Gasteiger partial charge in [-0.3, -0.25) is 0 Å². The third-order valence-corrected chi connectivity index (χ3v) is 4.37. The summed E-state index contributed by atoms with van der Waals surface area (Å²) in [5.74, 6) is 2.21. The highest BCUT2D eigenvalue weighted by molar-refractivity contribution is 5.44. The van der Waals surface area contributed by atoms with E-state index in [1.807, 2.05) is 0 Å². The molecule has 7 nitrogen and oxygen atoms in total. The van der Waals surface area contributed by atoms with Crippen molar-refractivity contribution >= 4 is 17.8 Å². The van der Waals surface area contributed by atoms with Gasteiger partial charge in [-0.1, -0.05) is 0 Å². The Hall–Kier alpha value is -1.63. The number of rotatable bonds is 4. The van der Waals surface area contributed by atoms with E-state index in [9.17, 15) is 0 Å². The van der Waals surface area contributed by atoms with Crippen molar-refractivity contribution in [2.24, 2.45) is 5.92 Å². The second-order valence-electron chi connectivity index (χ2n) is 5.95. The maximum atomic E-state index is 9.06. The van der Waals surface area contributed by atoms with Crippen molar-refractivity contribution in [3.05, 3.63) is 0 Å². The van der Waals surface area contributed by atoms with E-state index < -0.39 is 0 Å². The molecule has 0 amide bonds. The molecule has 21 heavy (non-hydrogen) atoms. The zero-order valence-corrected chi connectivity index (χ0v) is 12.4. The highest BCUT2D eigenvalue weighted by Crippen LogP contribution is 2.25. The van der Waals surface area contributed by atoms with Crippen LogP contribution in [0.2, 0.25) is 0 Å². The van der Waals surface area contributed by atoms with E-state index in [4.69, 9.17) is 10.8 Å². The molecule has 0 aliphatic carbocycles. The Kier molecular flexibility index (Phi) is 4.38. The minimum atomic E-state index is 0.247. The van der Waals surface area contributed by atoms with Gasteiger partial charge in [0, 0.05) is 32.8 Å². The van der Waals surface area contributed by atoms with Crippen molar-refractivity contribution in [2.45, 2.75) is 32.1 Å². The van der Waals surface area contributed by atoms with Crippen LogP contribution in [-0.2, 0) is 0 Å². The zero-order valence-electron chi connectivity index (χ0n) is 12.4. The van der Waals surface area contributed by atoms with Gasteiger partial charge in [-0.25, -0.2) is 0 Å². The number of nitrogens with two attached hydrogens (primary N) is 1. The first-order chi connectivity index (χ1) is 10.3. The van der Waals surface area contributed by atoms with Gasteiger partial charge in [0.05, 0.1) is 0 Å². The van der Waals surface area contributed by atoms with E-state index in [1.165, 1.54) is 19.3 Å². The Morgan fingerprint density at radius 2 is 1.71 bits per heavy atom. The van der Waals surface area contributed by atoms with Crippen LogP contribution in [0.25, 0.3) is 0 Å². The summed E-state index contributed by atoms with van der Waals surface area (Å²) < 4.78 is 0. The van der Waals surface area contributed by atoms with E-state index in [-0.39, 0.29) is 6.61 Å². The molecule has 0 aromatic carbocycles. The molecule has 0 bridgehead atoms. The smallest absolute Gasteiger partial charge is 0.231 e. The predicted octanol–water partition coefficient (Wildman–Crippen LogP) is 0.653. The van der Waals surface area contributed by atoms with Crippen molar-refractivity contribution in [3.8, 4) is 0 Å². The lowest BCUT2D eigenvalue weighted by Crippen LogP contribution is -2.32.